The van der Waals surface area contributed by atoms with Crippen molar-refractivity contribution in [1.82, 2.24) is 5.16 Å². The topological polar surface area (TPSA) is 60.2 Å². The Kier molecular flexibility index (Phi) is 3.21. The predicted molar refractivity (Wildman–Crippen MR) is 63.3 cm³/mol. The third kappa shape index (κ3) is 2.43. The van der Waals surface area contributed by atoms with Gasteiger partial charge >= 0.3 is 0 Å². The van der Waals surface area contributed by atoms with Gasteiger partial charge in [-0.05, 0) is 32.0 Å². The number of sulfone groups is 1. The molecular weight excluding hydrogens is 257 g/mol. The van der Waals surface area contributed by atoms with Crippen molar-refractivity contribution >= 4 is 9.84 Å². The van der Waals surface area contributed by atoms with Gasteiger partial charge in [0.1, 0.15) is 11.6 Å². The Balaban J connectivity index is 2.39. The standard InChI is InChI=1S/C12H12FNO3S/c1-8-12(9(2)17-14-8)7-18(15,16)11-5-3-4-10(13)6-11/h3-6H,7H2,1-2H3. The van der Waals surface area contributed by atoms with Crippen LogP contribution in [0.1, 0.15) is 17.0 Å². The van der Waals surface area contributed by atoms with Crippen molar-refractivity contribution in [2.45, 2.75) is 24.5 Å². The highest BCUT2D eigenvalue weighted by Gasteiger charge is 2.20. The number of benzene rings is 1. The molecule has 0 fully saturated rings. The Hall–Kier alpha value is -1.69. The minimum Gasteiger partial charge on any atom is -0.361 e. The fourth-order valence-corrected chi connectivity index (χ4v) is 3.18. The van der Waals surface area contributed by atoms with Crippen LogP contribution in [0, 0.1) is 19.7 Å². The molecule has 0 bridgehead atoms. The summed E-state index contributed by atoms with van der Waals surface area (Å²) in [4.78, 5) is -0.0394. The molecule has 0 unspecified atom stereocenters. The molecule has 0 atom stereocenters. The molecule has 96 valence electrons. The second kappa shape index (κ2) is 4.53. The minimum absolute atomic E-state index is 0.0394. The molecule has 0 N–H and O–H groups in total. The van der Waals surface area contributed by atoms with Crippen molar-refractivity contribution < 1.29 is 17.3 Å². The van der Waals surface area contributed by atoms with E-state index in [1.54, 1.807) is 13.8 Å². The molecule has 0 aliphatic carbocycles. The Morgan fingerprint density at radius 2 is 2.06 bits per heavy atom. The van der Waals surface area contributed by atoms with E-state index in [9.17, 15) is 12.8 Å². The first-order valence-electron chi connectivity index (χ1n) is 5.30. The molecule has 0 aliphatic heterocycles. The SMILES string of the molecule is Cc1noc(C)c1CS(=O)(=O)c1cccc(F)c1. The first-order chi connectivity index (χ1) is 8.40. The number of halogens is 1. The predicted octanol–water partition coefficient (Wildman–Crippen LogP) is 2.40. The highest BCUT2D eigenvalue weighted by atomic mass is 32.2. The largest absolute Gasteiger partial charge is 0.361 e. The van der Waals surface area contributed by atoms with Gasteiger partial charge in [-0.2, -0.15) is 0 Å². The number of aryl methyl sites for hydroxylation is 2. The molecule has 1 aromatic carbocycles. The zero-order chi connectivity index (χ0) is 13.3. The average molecular weight is 269 g/mol. The third-order valence-corrected chi connectivity index (χ3v) is 4.31. The van der Waals surface area contributed by atoms with E-state index >= 15 is 0 Å². The van der Waals surface area contributed by atoms with Gasteiger partial charge in [-0.3, -0.25) is 0 Å². The fraction of sp³-hybridized carbons (Fsp3) is 0.250. The van der Waals surface area contributed by atoms with Crippen LogP contribution in [0.3, 0.4) is 0 Å². The maximum absolute atomic E-state index is 13.0. The molecule has 0 saturated heterocycles. The van der Waals surface area contributed by atoms with Crippen LogP contribution in [-0.2, 0) is 15.6 Å². The van der Waals surface area contributed by atoms with Crippen LogP contribution in [0.5, 0.6) is 0 Å². The lowest BCUT2D eigenvalue weighted by Gasteiger charge is -2.04. The molecule has 2 aromatic rings. The van der Waals surface area contributed by atoms with Crippen LogP contribution in [-0.4, -0.2) is 13.6 Å². The van der Waals surface area contributed by atoms with E-state index in [-0.39, 0.29) is 10.6 Å². The molecule has 6 heteroatoms. The molecule has 1 aromatic heterocycles. The Labute approximate surface area is 104 Å². The molecule has 0 amide bonds. The van der Waals surface area contributed by atoms with Crippen molar-refractivity contribution in [3.63, 3.8) is 0 Å². The lowest BCUT2D eigenvalue weighted by atomic mass is 10.2. The maximum atomic E-state index is 13.0. The van der Waals surface area contributed by atoms with Crippen LogP contribution >= 0.6 is 0 Å². The van der Waals surface area contributed by atoms with E-state index in [0.717, 1.165) is 6.07 Å². The second-order valence-corrected chi connectivity index (χ2v) is 6.01. The van der Waals surface area contributed by atoms with E-state index in [1.165, 1.54) is 18.2 Å². The molecule has 4 nitrogen and oxygen atoms in total. The van der Waals surface area contributed by atoms with Crippen molar-refractivity contribution in [2.24, 2.45) is 0 Å². The number of aromatic nitrogens is 1. The summed E-state index contributed by atoms with van der Waals surface area (Å²) in [7, 11) is -3.59. The summed E-state index contributed by atoms with van der Waals surface area (Å²) < 4.78 is 42.2. The molecule has 1 heterocycles. The first kappa shape index (κ1) is 12.8. The smallest absolute Gasteiger partial charge is 0.182 e. The number of hydrogen-bond acceptors (Lipinski definition) is 4. The van der Waals surface area contributed by atoms with E-state index in [2.05, 4.69) is 5.16 Å². The van der Waals surface area contributed by atoms with E-state index in [4.69, 9.17) is 4.52 Å². The quantitative estimate of drug-likeness (QED) is 0.858. The van der Waals surface area contributed by atoms with Crippen molar-refractivity contribution in [3.05, 3.63) is 47.1 Å². The van der Waals surface area contributed by atoms with Gasteiger partial charge in [-0.15, -0.1) is 0 Å². The first-order valence-corrected chi connectivity index (χ1v) is 6.95. The summed E-state index contributed by atoms with van der Waals surface area (Å²) >= 11 is 0. The lowest BCUT2D eigenvalue weighted by molar-refractivity contribution is 0.392. The zero-order valence-electron chi connectivity index (χ0n) is 9.97. The summed E-state index contributed by atoms with van der Waals surface area (Å²) in [6, 6.07) is 4.95. The van der Waals surface area contributed by atoms with Gasteiger partial charge in [0.2, 0.25) is 0 Å². The maximum Gasteiger partial charge on any atom is 0.182 e. The number of rotatable bonds is 3. The van der Waals surface area contributed by atoms with E-state index < -0.39 is 15.7 Å². The molecule has 0 aliphatic rings. The molecular formula is C12H12FNO3S. The average Bonchev–Trinajstić information content (AvgIpc) is 2.60. The van der Waals surface area contributed by atoms with E-state index in [1.807, 2.05) is 0 Å². The van der Waals surface area contributed by atoms with Gasteiger partial charge in [0.25, 0.3) is 0 Å². The van der Waals surface area contributed by atoms with Crippen LogP contribution in [0.4, 0.5) is 4.39 Å². The van der Waals surface area contributed by atoms with Gasteiger partial charge in [-0.1, -0.05) is 11.2 Å². The summed E-state index contributed by atoms with van der Waals surface area (Å²) in [6.45, 7) is 3.32. The van der Waals surface area contributed by atoms with Crippen molar-refractivity contribution in [1.29, 1.82) is 0 Å². The van der Waals surface area contributed by atoms with Gasteiger partial charge in [0.15, 0.2) is 9.84 Å². The molecule has 0 spiro atoms. The van der Waals surface area contributed by atoms with Crippen LogP contribution in [0.15, 0.2) is 33.7 Å². The normalized spacial score (nSPS) is 11.7. The highest BCUT2D eigenvalue weighted by Crippen LogP contribution is 2.21. The fourth-order valence-electron chi connectivity index (χ4n) is 1.64. The van der Waals surface area contributed by atoms with Gasteiger partial charge < -0.3 is 4.52 Å². The molecule has 0 saturated carbocycles. The monoisotopic (exact) mass is 269 g/mol. The number of nitrogens with zero attached hydrogens (tertiary/aromatic N) is 1. The summed E-state index contributed by atoms with van der Waals surface area (Å²) in [5, 5.41) is 3.70. The summed E-state index contributed by atoms with van der Waals surface area (Å²) in [5.41, 5.74) is 1.06. The molecule has 0 radical (unpaired) electrons. The Morgan fingerprint density at radius 1 is 1.33 bits per heavy atom. The van der Waals surface area contributed by atoms with Crippen LogP contribution < -0.4 is 0 Å². The van der Waals surface area contributed by atoms with Crippen molar-refractivity contribution in [2.75, 3.05) is 0 Å². The van der Waals surface area contributed by atoms with Crippen molar-refractivity contribution in [3.8, 4) is 0 Å². The molecule has 18 heavy (non-hydrogen) atoms. The second-order valence-electron chi connectivity index (χ2n) is 4.02. The van der Waals surface area contributed by atoms with E-state index in [0.29, 0.717) is 17.0 Å². The minimum atomic E-state index is -3.59. The highest BCUT2D eigenvalue weighted by molar-refractivity contribution is 7.90. The zero-order valence-corrected chi connectivity index (χ0v) is 10.8. The summed E-state index contributed by atoms with van der Waals surface area (Å²) in [6.07, 6.45) is 0. The third-order valence-electron chi connectivity index (χ3n) is 2.67. The van der Waals surface area contributed by atoms with Crippen LogP contribution in [0.25, 0.3) is 0 Å². The van der Waals surface area contributed by atoms with Crippen LogP contribution in [0.2, 0.25) is 0 Å². The van der Waals surface area contributed by atoms with Gasteiger partial charge in [0.05, 0.1) is 16.3 Å². The molecule has 2 rings (SSSR count). The number of hydrogen-bond donors (Lipinski definition) is 0. The summed E-state index contributed by atoms with van der Waals surface area (Å²) in [5.74, 6) is -0.347. The van der Waals surface area contributed by atoms with Gasteiger partial charge in [-0.25, -0.2) is 12.8 Å². The van der Waals surface area contributed by atoms with Gasteiger partial charge in [0, 0.05) is 5.56 Å². The Bertz CT molecular complexity index is 657. The Morgan fingerprint density at radius 3 is 2.61 bits per heavy atom. The lowest BCUT2D eigenvalue weighted by Crippen LogP contribution is -2.06.